The molecule has 0 radical (unpaired) electrons. The van der Waals surface area contributed by atoms with Gasteiger partial charge in [0.05, 0.1) is 12.7 Å². The maximum Gasteiger partial charge on any atom is 0.269 e. The summed E-state index contributed by atoms with van der Waals surface area (Å²) < 4.78 is 44.2. The molecule has 0 spiro atoms. The van der Waals surface area contributed by atoms with E-state index in [2.05, 4.69) is 4.18 Å². The molecule has 1 rings (SSSR count). The molecule has 0 saturated carbocycles. The third-order valence-corrected chi connectivity index (χ3v) is 6.31. The van der Waals surface area contributed by atoms with Crippen molar-refractivity contribution in [3.8, 4) is 0 Å². The normalized spacial score (nSPS) is 26.4. The Morgan fingerprint density at radius 1 is 1.40 bits per heavy atom. The van der Waals surface area contributed by atoms with Crippen molar-refractivity contribution in [1.29, 1.82) is 0 Å². The molecular formula is C8H17O5PS. The van der Waals surface area contributed by atoms with E-state index in [-0.39, 0.29) is 12.4 Å². The zero-order valence-electron chi connectivity index (χ0n) is 9.01. The van der Waals surface area contributed by atoms with Crippen molar-refractivity contribution >= 4 is 17.5 Å². The van der Waals surface area contributed by atoms with Gasteiger partial charge >= 0.3 is 0 Å². The summed E-state index contributed by atoms with van der Waals surface area (Å²) in [6.45, 7) is 3.70. The maximum atomic E-state index is 12.0. The summed E-state index contributed by atoms with van der Waals surface area (Å²) >= 11 is 0. The topological polar surface area (TPSA) is 69.7 Å². The molecule has 1 aliphatic rings. The first-order chi connectivity index (χ1) is 6.91. The third kappa shape index (κ3) is 3.87. The molecule has 0 amide bonds. The average Bonchev–Trinajstić information content (AvgIpc) is 2.16. The molecule has 90 valence electrons. The van der Waals surface area contributed by atoms with E-state index in [0.29, 0.717) is 18.7 Å². The van der Waals surface area contributed by atoms with Crippen molar-refractivity contribution in [3.63, 3.8) is 0 Å². The highest BCUT2D eigenvalue weighted by molar-refractivity contribution is 7.86. The largest absolute Gasteiger partial charge is 0.324 e. The summed E-state index contributed by atoms with van der Waals surface area (Å²) in [5, 5.41) is 0. The molecule has 1 heterocycles. The van der Waals surface area contributed by atoms with Crippen molar-refractivity contribution in [2.75, 3.05) is 24.7 Å². The number of rotatable bonds is 4. The SMILES string of the molecule is CCP(=O)(CC)OC1CCOS(=O)(=O)C1. The van der Waals surface area contributed by atoms with Crippen LogP contribution >= 0.6 is 7.37 Å². The smallest absolute Gasteiger partial charge is 0.269 e. The van der Waals surface area contributed by atoms with Gasteiger partial charge in [-0.15, -0.1) is 0 Å². The highest BCUT2D eigenvalue weighted by Gasteiger charge is 2.31. The quantitative estimate of drug-likeness (QED) is 0.562. The van der Waals surface area contributed by atoms with E-state index in [0.717, 1.165) is 0 Å². The zero-order chi connectivity index (χ0) is 11.5. The molecule has 15 heavy (non-hydrogen) atoms. The van der Waals surface area contributed by atoms with Crippen LogP contribution in [0.25, 0.3) is 0 Å². The van der Waals surface area contributed by atoms with E-state index >= 15 is 0 Å². The highest BCUT2D eigenvalue weighted by atomic mass is 32.2. The molecule has 7 heteroatoms. The fourth-order valence-corrected chi connectivity index (χ4v) is 4.10. The predicted molar refractivity (Wildman–Crippen MR) is 57.9 cm³/mol. The van der Waals surface area contributed by atoms with Gasteiger partial charge in [0.1, 0.15) is 5.75 Å². The summed E-state index contributed by atoms with van der Waals surface area (Å²) in [5.74, 6) is -0.184. The standard InChI is InChI=1S/C8H17O5PS/c1-3-14(9,4-2)13-8-5-6-12-15(10,11)7-8/h8H,3-7H2,1-2H3. The highest BCUT2D eigenvalue weighted by Crippen LogP contribution is 2.47. The Labute approximate surface area is 90.7 Å². The second-order valence-electron chi connectivity index (χ2n) is 3.51. The van der Waals surface area contributed by atoms with Gasteiger partial charge in [-0.25, -0.2) is 0 Å². The summed E-state index contributed by atoms with van der Waals surface area (Å²) in [6, 6.07) is 0. The van der Waals surface area contributed by atoms with Crippen molar-refractivity contribution in [2.24, 2.45) is 0 Å². The van der Waals surface area contributed by atoms with Crippen LogP contribution in [0.1, 0.15) is 20.3 Å². The molecule has 1 saturated heterocycles. The molecule has 0 N–H and O–H groups in total. The van der Waals surface area contributed by atoms with Crippen LogP contribution in [0.3, 0.4) is 0 Å². The molecule has 1 unspecified atom stereocenters. The molecule has 0 aliphatic carbocycles. The molecule has 0 aromatic carbocycles. The molecule has 0 aromatic heterocycles. The number of hydrogen-bond donors (Lipinski definition) is 0. The van der Waals surface area contributed by atoms with Crippen LogP contribution in [0, 0.1) is 0 Å². The van der Waals surface area contributed by atoms with Gasteiger partial charge in [-0.2, -0.15) is 8.42 Å². The van der Waals surface area contributed by atoms with E-state index in [1.807, 2.05) is 0 Å². The summed E-state index contributed by atoms with van der Waals surface area (Å²) in [4.78, 5) is 0. The van der Waals surface area contributed by atoms with Crippen LogP contribution in [0.4, 0.5) is 0 Å². The van der Waals surface area contributed by atoms with Gasteiger partial charge in [0.2, 0.25) is 7.37 Å². The van der Waals surface area contributed by atoms with Gasteiger partial charge in [-0.1, -0.05) is 13.8 Å². The van der Waals surface area contributed by atoms with Gasteiger partial charge in [-0.05, 0) is 6.42 Å². The summed E-state index contributed by atoms with van der Waals surface area (Å²) in [5.41, 5.74) is 0. The van der Waals surface area contributed by atoms with Crippen LogP contribution in [0.2, 0.25) is 0 Å². The van der Waals surface area contributed by atoms with E-state index in [1.165, 1.54) is 0 Å². The lowest BCUT2D eigenvalue weighted by Gasteiger charge is -2.26. The minimum atomic E-state index is -3.47. The van der Waals surface area contributed by atoms with Crippen LogP contribution in [-0.4, -0.2) is 39.2 Å². The summed E-state index contributed by atoms with van der Waals surface area (Å²) in [7, 11) is -6.09. The molecule has 5 nitrogen and oxygen atoms in total. The van der Waals surface area contributed by atoms with Gasteiger partial charge < -0.3 is 4.52 Å². The van der Waals surface area contributed by atoms with Crippen LogP contribution in [0.5, 0.6) is 0 Å². The average molecular weight is 256 g/mol. The third-order valence-electron chi connectivity index (χ3n) is 2.40. The Bertz CT molecular complexity index is 342. The number of hydrogen-bond acceptors (Lipinski definition) is 5. The lowest BCUT2D eigenvalue weighted by atomic mass is 10.3. The zero-order valence-corrected chi connectivity index (χ0v) is 10.7. The Hall–Kier alpha value is 0.1000. The molecule has 1 aliphatic heterocycles. The van der Waals surface area contributed by atoms with E-state index in [9.17, 15) is 13.0 Å². The van der Waals surface area contributed by atoms with Crippen molar-refractivity contribution < 1.29 is 21.7 Å². The molecule has 0 bridgehead atoms. The van der Waals surface area contributed by atoms with E-state index < -0.39 is 23.6 Å². The molecule has 0 aromatic rings. The Kier molecular flexibility index (Phi) is 4.35. The van der Waals surface area contributed by atoms with Crippen molar-refractivity contribution in [3.05, 3.63) is 0 Å². The Balaban J connectivity index is 2.63. The Morgan fingerprint density at radius 2 is 2.00 bits per heavy atom. The first-order valence-corrected chi connectivity index (χ1v) is 8.61. The Morgan fingerprint density at radius 3 is 2.47 bits per heavy atom. The lowest BCUT2D eigenvalue weighted by Crippen LogP contribution is -2.32. The summed E-state index contributed by atoms with van der Waals surface area (Å²) in [6.07, 6.45) is 0.903. The van der Waals surface area contributed by atoms with E-state index in [1.54, 1.807) is 13.8 Å². The molecule has 1 fully saturated rings. The molecular weight excluding hydrogens is 239 g/mol. The maximum absolute atomic E-state index is 12.0. The van der Waals surface area contributed by atoms with Gasteiger partial charge in [0.25, 0.3) is 10.1 Å². The van der Waals surface area contributed by atoms with Crippen molar-refractivity contribution in [2.45, 2.75) is 26.4 Å². The minimum Gasteiger partial charge on any atom is -0.324 e. The first-order valence-electron chi connectivity index (χ1n) is 5.04. The van der Waals surface area contributed by atoms with Crippen LogP contribution < -0.4 is 0 Å². The predicted octanol–water partition coefficient (Wildman–Crippen LogP) is 1.44. The fourth-order valence-electron chi connectivity index (χ4n) is 1.39. The van der Waals surface area contributed by atoms with Gasteiger partial charge in [0, 0.05) is 12.3 Å². The minimum absolute atomic E-state index is 0.125. The second-order valence-corrected chi connectivity index (χ2v) is 8.30. The van der Waals surface area contributed by atoms with Crippen LogP contribution in [0.15, 0.2) is 0 Å². The van der Waals surface area contributed by atoms with Crippen molar-refractivity contribution in [1.82, 2.24) is 0 Å². The van der Waals surface area contributed by atoms with Gasteiger partial charge in [0.15, 0.2) is 0 Å². The van der Waals surface area contributed by atoms with E-state index in [4.69, 9.17) is 4.52 Å². The fraction of sp³-hybridized carbons (Fsp3) is 1.00. The monoisotopic (exact) mass is 256 g/mol. The van der Waals surface area contributed by atoms with Gasteiger partial charge in [-0.3, -0.25) is 8.75 Å². The molecule has 1 atom stereocenters. The second kappa shape index (κ2) is 4.95. The first kappa shape index (κ1) is 13.2. The van der Waals surface area contributed by atoms with Crippen LogP contribution in [-0.2, 0) is 23.4 Å². The lowest BCUT2D eigenvalue weighted by molar-refractivity contribution is 0.159.